The molecule has 2 aromatic carbocycles. The minimum Gasteiger partial charge on any atom is -0.450 e. The Morgan fingerprint density at radius 2 is 1.77 bits per heavy atom. The zero-order valence-corrected chi connectivity index (χ0v) is 19.7. The topological polar surface area (TPSA) is 154 Å². The summed E-state index contributed by atoms with van der Waals surface area (Å²) in [5.41, 5.74) is 1.10. The van der Waals surface area contributed by atoms with E-state index in [9.17, 15) is 25.0 Å². The number of fused-ring (bicyclic) bond motifs is 1. The molecule has 0 atom stereocenters. The molecule has 3 heterocycles. The van der Waals surface area contributed by atoms with Crippen LogP contribution in [-0.2, 0) is 4.79 Å². The number of hydrogen-bond donors (Lipinski definition) is 1. The molecule has 0 radical (unpaired) electrons. The summed E-state index contributed by atoms with van der Waals surface area (Å²) in [5.74, 6) is 0.118. The summed E-state index contributed by atoms with van der Waals surface area (Å²) in [4.78, 5) is 42.2. The van der Waals surface area contributed by atoms with E-state index < -0.39 is 9.85 Å². The molecule has 1 fully saturated rings. The van der Waals surface area contributed by atoms with E-state index in [2.05, 4.69) is 15.3 Å². The SMILES string of the molecule is O=C1NC(=Nc2ccc([N+](=O)[O-])cc2)S/C1=C\c1ccc(Sc2nc3ccc([N+](=O)[O-])cc3s2)o1. The molecule has 1 amide bonds. The van der Waals surface area contributed by atoms with Gasteiger partial charge in [-0.1, -0.05) is 0 Å². The zero-order chi connectivity index (χ0) is 24.5. The van der Waals surface area contributed by atoms with Gasteiger partial charge in [0.15, 0.2) is 14.6 Å². The first-order chi connectivity index (χ1) is 16.8. The predicted octanol–water partition coefficient (Wildman–Crippen LogP) is 5.75. The second-order valence-corrected chi connectivity index (χ2v) is 10.2. The Morgan fingerprint density at radius 3 is 2.51 bits per heavy atom. The van der Waals surface area contributed by atoms with Crippen LogP contribution in [0.2, 0.25) is 0 Å². The van der Waals surface area contributed by atoms with E-state index in [-0.39, 0.29) is 17.3 Å². The number of amides is 1. The fraction of sp³-hybridized carbons (Fsp3) is 0. The molecule has 0 aliphatic carbocycles. The van der Waals surface area contributed by atoms with Crippen LogP contribution in [0.1, 0.15) is 5.76 Å². The first-order valence-electron chi connectivity index (χ1n) is 9.71. The first kappa shape index (κ1) is 22.8. The van der Waals surface area contributed by atoms with Crippen LogP contribution in [-0.4, -0.2) is 25.9 Å². The minimum absolute atomic E-state index is 0.00781. The van der Waals surface area contributed by atoms with Crippen molar-refractivity contribution < 1.29 is 19.1 Å². The number of nitro groups is 2. The number of non-ortho nitro benzene ring substituents is 2. The van der Waals surface area contributed by atoms with Crippen LogP contribution >= 0.6 is 34.9 Å². The van der Waals surface area contributed by atoms with Crippen molar-refractivity contribution in [2.75, 3.05) is 0 Å². The maximum atomic E-state index is 12.3. The lowest BCUT2D eigenvalue weighted by Crippen LogP contribution is -2.19. The molecule has 0 spiro atoms. The number of nitrogens with one attached hydrogen (secondary N) is 1. The Kier molecular flexibility index (Phi) is 6.07. The van der Waals surface area contributed by atoms with Crippen LogP contribution in [0.15, 0.2) is 78.3 Å². The van der Waals surface area contributed by atoms with Gasteiger partial charge in [-0.05, 0) is 53.9 Å². The molecule has 11 nitrogen and oxygen atoms in total. The normalized spacial score (nSPS) is 15.7. The van der Waals surface area contributed by atoms with Gasteiger partial charge < -0.3 is 9.73 Å². The third-order valence-electron chi connectivity index (χ3n) is 4.57. The van der Waals surface area contributed by atoms with Crippen molar-refractivity contribution >= 4 is 79.3 Å². The van der Waals surface area contributed by atoms with Gasteiger partial charge in [0.2, 0.25) is 0 Å². The van der Waals surface area contributed by atoms with Crippen molar-refractivity contribution in [2.45, 2.75) is 9.43 Å². The van der Waals surface area contributed by atoms with Crippen molar-refractivity contribution in [1.82, 2.24) is 10.3 Å². The molecule has 0 unspecified atom stereocenters. The smallest absolute Gasteiger partial charge is 0.270 e. The number of furan rings is 1. The maximum absolute atomic E-state index is 12.3. The molecular formula is C21H11N5O6S3. The van der Waals surface area contributed by atoms with E-state index in [0.717, 1.165) is 11.8 Å². The number of aromatic nitrogens is 1. The van der Waals surface area contributed by atoms with Crippen molar-refractivity contribution in [2.24, 2.45) is 4.99 Å². The molecule has 35 heavy (non-hydrogen) atoms. The molecule has 1 aliphatic rings. The minimum atomic E-state index is -0.497. The summed E-state index contributed by atoms with van der Waals surface area (Å²) in [5, 5.41) is 25.3. The predicted molar refractivity (Wildman–Crippen MR) is 133 cm³/mol. The van der Waals surface area contributed by atoms with E-state index in [4.69, 9.17) is 4.42 Å². The fourth-order valence-electron chi connectivity index (χ4n) is 2.98. The summed E-state index contributed by atoms with van der Waals surface area (Å²) in [6, 6.07) is 13.6. The van der Waals surface area contributed by atoms with Crippen molar-refractivity contribution in [3.05, 3.63) is 85.5 Å². The monoisotopic (exact) mass is 525 g/mol. The summed E-state index contributed by atoms with van der Waals surface area (Å²) in [6.45, 7) is 0. The van der Waals surface area contributed by atoms with Crippen molar-refractivity contribution in [3.63, 3.8) is 0 Å². The molecule has 1 N–H and O–H groups in total. The summed E-state index contributed by atoms with van der Waals surface area (Å²) >= 11 is 3.72. The molecule has 14 heteroatoms. The average molecular weight is 526 g/mol. The van der Waals surface area contributed by atoms with Gasteiger partial charge in [0.05, 0.1) is 30.7 Å². The van der Waals surface area contributed by atoms with Gasteiger partial charge in [0.1, 0.15) is 5.76 Å². The van der Waals surface area contributed by atoms with Crippen molar-refractivity contribution in [3.8, 4) is 0 Å². The molecule has 0 bridgehead atoms. The number of hydrogen-bond acceptors (Lipinski definition) is 11. The van der Waals surface area contributed by atoms with E-state index in [1.807, 2.05) is 0 Å². The highest BCUT2D eigenvalue weighted by Crippen LogP contribution is 2.37. The number of nitrogens with zero attached hydrogens (tertiary/aromatic N) is 4. The number of thioether (sulfide) groups is 1. The number of carbonyl (C=O) groups is 1. The van der Waals surface area contributed by atoms with Crippen LogP contribution < -0.4 is 5.32 Å². The molecule has 2 aromatic heterocycles. The number of carbonyl (C=O) groups excluding carboxylic acids is 1. The van der Waals surface area contributed by atoms with Gasteiger partial charge in [-0.3, -0.25) is 25.0 Å². The molecule has 1 aliphatic heterocycles. The third kappa shape index (κ3) is 5.08. The Morgan fingerprint density at radius 1 is 1.03 bits per heavy atom. The summed E-state index contributed by atoms with van der Waals surface area (Å²) in [7, 11) is 0. The highest BCUT2D eigenvalue weighted by Gasteiger charge is 2.24. The van der Waals surface area contributed by atoms with Gasteiger partial charge >= 0.3 is 0 Å². The lowest BCUT2D eigenvalue weighted by atomic mass is 10.3. The first-order valence-corrected chi connectivity index (χ1v) is 12.2. The fourth-order valence-corrected chi connectivity index (χ4v) is 5.80. The van der Waals surface area contributed by atoms with Gasteiger partial charge in [0.25, 0.3) is 17.3 Å². The Balaban J connectivity index is 1.29. The van der Waals surface area contributed by atoms with E-state index in [1.54, 1.807) is 24.3 Å². The number of nitro benzene ring substituents is 2. The quantitative estimate of drug-likeness (QED) is 0.188. The number of benzene rings is 2. The number of amidine groups is 1. The van der Waals surface area contributed by atoms with Crippen LogP contribution in [0.4, 0.5) is 17.1 Å². The number of thiazole rings is 1. The Bertz CT molecular complexity index is 1560. The van der Waals surface area contributed by atoms with Crippen molar-refractivity contribution in [1.29, 1.82) is 0 Å². The number of rotatable bonds is 6. The van der Waals surface area contributed by atoms with E-state index in [1.165, 1.54) is 59.5 Å². The lowest BCUT2D eigenvalue weighted by molar-refractivity contribution is -0.385. The average Bonchev–Trinajstić information content (AvgIpc) is 3.52. The molecule has 0 saturated carbocycles. The highest BCUT2D eigenvalue weighted by atomic mass is 32.2. The van der Waals surface area contributed by atoms with E-state index in [0.29, 0.717) is 41.2 Å². The van der Waals surface area contributed by atoms with Gasteiger partial charge in [-0.15, -0.1) is 11.3 Å². The second-order valence-electron chi connectivity index (χ2n) is 6.90. The van der Waals surface area contributed by atoms with Crippen LogP contribution in [0.3, 0.4) is 0 Å². The largest absolute Gasteiger partial charge is 0.450 e. The molecular weight excluding hydrogens is 514 g/mol. The molecule has 4 aromatic rings. The van der Waals surface area contributed by atoms with Gasteiger partial charge in [-0.2, -0.15) is 0 Å². The zero-order valence-electron chi connectivity index (χ0n) is 17.2. The van der Waals surface area contributed by atoms with E-state index >= 15 is 0 Å². The van der Waals surface area contributed by atoms with Crippen LogP contribution in [0.5, 0.6) is 0 Å². The number of aliphatic imine (C=N–C) groups is 1. The Labute approximate surface area is 208 Å². The van der Waals surface area contributed by atoms with Crippen LogP contribution in [0.25, 0.3) is 16.3 Å². The molecule has 1 saturated heterocycles. The van der Waals surface area contributed by atoms with Gasteiger partial charge in [-0.25, -0.2) is 9.98 Å². The lowest BCUT2D eigenvalue weighted by Gasteiger charge is -1.96. The van der Waals surface area contributed by atoms with Gasteiger partial charge in [0, 0.05) is 30.3 Å². The second kappa shape index (κ2) is 9.32. The van der Waals surface area contributed by atoms with Crippen LogP contribution in [0, 0.1) is 20.2 Å². The highest BCUT2D eigenvalue weighted by molar-refractivity contribution is 8.18. The molecule has 5 rings (SSSR count). The Hall–Kier alpha value is -4.01. The standard InChI is InChI=1S/C21H11N5O6S3/c27-19-17(33-20(24-19)22-11-1-3-12(4-2-11)25(28)29)10-14-6-8-18(32-14)35-21-23-15-7-5-13(26(30)31)9-16(15)34-21/h1-10H,(H,22,24,27)/b17-10-. The molecule has 174 valence electrons. The third-order valence-corrected chi connectivity index (χ3v) is 7.48. The summed E-state index contributed by atoms with van der Waals surface area (Å²) < 4.78 is 7.16. The maximum Gasteiger partial charge on any atom is 0.270 e. The summed E-state index contributed by atoms with van der Waals surface area (Å²) in [6.07, 6.45) is 1.59.